The number of esters is 2. The van der Waals surface area contributed by atoms with Gasteiger partial charge in [-0.05, 0) is 113 Å². The number of aliphatic carboxylic acids is 3. The van der Waals surface area contributed by atoms with E-state index in [1.807, 2.05) is 0 Å². The molecular weight excluding hydrogens is 1950 g/mol. The Morgan fingerprint density at radius 3 is 1.74 bits per heavy atom. The van der Waals surface area contributed by atoms with Crippen LogP contribution < -0.4 is 103 Å². The minimum atomic E-state index is -2.20. The highest BCUT2D eigenvalue weighted by Crippen LogP contribution is 2.39. The molecular formula is C92H140N24O28S2. The highest BCUT2D eigenvalue weighted by molar-refractivity contribution is 7.99. The lowest BCUT2D eigenvalue weighted by Gasteiger charge is -2.33. The van der Waals surface area contributed by atoms with Crippen molar-refractivity contribution in [2.75, 3.05) is 45.1 Å². The number of H-pyrrole nitrogens is 1. The van der Waals surface area contributed by atoms with Gasteiger partial charge in [-0.25, -0.2) is 14.6 Å². The van der Waals surface area contributed by atoms with Crippen LogP contribution in [0.4, 0.5) is 0 Å². The molecule has 808 valence electrons. The third kappa shape index (κ3) is 39.5. The number of carboxylic acids is 3. The van der Waals surface area contributed by atoms with E-state index < -0.39 is 332 Å². The van der Waals surface area contributed by atoms with E-state index in [-0.39, 0.29) is 99.2 Å². The fraction of sp³-hybridized carbons (Fsp3) is 0.609. The highest BCUT2D eigenvalue weighted by atomic mass is 32.2. The molecule has 52 nitrogen and oxygen atoms in total. The van der Waals surface area contributed by atoms with E-state index >= 15 is 24.0 Å². The average molecular weight is 2090 g/mol. The topological polar surface area (TPSA) is 820 Å². The summed E-state index contributed by atoms with van der Waals surface area (Å²) in [5.41, 5.74) is 22.0. The first-order chi connectivity index (χ1) is 68.8. The fourth-order valence-electron chi connectivity index (χ4n) is 16.0. The number of hydrogen-bond acceptors (Lipinski definition) is 30. The van der Waals surface area contributed by atoms with Gasteiger partial charge in [-0.1, -0.05) is 86.1 Å². The smallest absolute Gasteiger partial charge is 0.340 e. The number of methoxy groups -OCH3 is 2. The van der Waals surface area contributed by atoms with Gasteiger partial charge in [-0.2, -0.15) is 11.8 Å². The van der Waals surface area contributed by atoms with E-state index in [9.17, 15) is 102 Å². The Bertz CT molecular complexity index is 5170. The van der Waals surface area contributed by atoms with Gasteiger partial charge < -0.3 is 142 Å². The van der Waals surface area contributed by atoms with Crippen molar-refractivity contribution >= 4 is 176 Å². The maximum absolute atomic E-state index is 15.7. The maximum Gasteiger partial charge on any atom is 0.340 e. The number of nitrogens with zero attached hydrogens (tertiary/aromatic N) is 3. The van der Waals surface area contributed by atoms with Crippen LogP contribution in [-0.2, 0) is 128 Å². The third-order valence-corrected chi connectivity index (χ3v) is 25.8. The molecule has 1 fully saturated rings. The van der Waals surface area contributed by atoms with Gasteiger partial charge in [-0.15, -0.1) is 11.8 Å². The minimum absolute atomic E-state index is 0.00710. The van der Waals surface area contributed by atoms with Crippen LogP contribution in [0.5, 0.6) is 0 Å². The number of primary amides is 3. The third-order valence-electron chi connectivity index (χ3n) is 23.9. The first-order valence-corrected chi connectivity index (χ1v) is 50.1. The standard InChI is InChI=1S/C92H140N24O28S2/c1-13-47(8)73-88(140)109-59(36-44(2)3)81(133)108-61(40-69(124)125)82(134)104-54(76(128)107-60(37-49-41-98-43-100-49)83(135)113-72(46(6)7)87(139)106-57(25-28-65(93)118)78(130)103-55(23-18-32-99-92(96)97)80(132)112-71(45(4)5)86(138)102-53(75(95)127)31-35-145-12)22-16-17-33-116-74(52(91(142)144-11)38-70(126)143-10)50-20-14-15-21-51(50)90(116)146-42-63(84(136)114-73)111-79(131)58(27-30-68(122)123)105-85(137)64-24-19-34-115(64)89(141)62(39-66(94)119)110-77(129)56(101-48(9)117)26-29-67(120)121/h14-15,20-21,38,41,43-47,53-64,71-73,79,111,131H,13,16-19,22-37,39-40,42H2,1-12H3,(H2,93,118)(H2,94,119)(H2,95,127)(H,98,100)(H,101,117)(H,102,138)(H,103,130)(H,104,134)(H,105,137)(H,106,139)(H,107,128)(H,108,133)(H,109,140)(H,110,129)(H,112,132)(H,113,135)(H,114,136)(H,120,121)(H,122,123)(H,124,125)(H4,96,97,99)/b52-38-/t47-,53-,54-,55-,56-,57-,58-,59-,60-,61-,62-,63-,64-,71-,72-,73-,79?/m0/s1. The molecule has 5 rings (SSSR count). The Morgan fingerprint density at radius 2 is 1.18 bits per heavy atom. The minimum Gasteiger partial charge on any atom is -0.481 e. The van der Waals surface area contributed by atoms with Crippen molar-refractivity contribution in [2.24, 2.45) is 46.6 Å². The number of carboxylic acid groups (broad SMARTS) is 3. The second-order valence-corrected chi connectivity index (χ2v) is 38.5. The molecule has 2 aliphatic rings. The van der Waals surface area contributed by atoms with Crippen LogP contribution in [-0.4, -0.2) is 318 Å². The molecule has 2 aromatic heterocycles. The van der Waals surface area contributed by atoms with E-state index in [0.717, 1.165) is 43.9 Å². The Balaban J connectivity index is 1.69. The van der Waals surface area contributed by atoms with E-state index in [0.29, 0.717) is 11.1 Å². The van der Waals surface area contributed by atoms with Gasteiger partial charge in [0.15, 0.2) is 5.96 Å². The highest BCUT2D eigenvalue weighted by Gasteiger charge is 2.44. The van der Waals surface area contributed by atoms with Crippen molar-refractivity contribution in [3.8, 4) is 0 Å². The maximum atomic E-state index is 15.7. The van der Waals surface area contributed by atoms with E-state index in [2.05, 4.69) is 89.7 Å². The van der Waals surface area contributed by atoms with Gasteiger partial charge in [-0.3, -0.25) is 107 Å². The lowest BCUT2D eigenvalue weighted by molar-refractivity contribution is -0.143. The summed E-state index contributed by atoms with van der Waals surface area (Å²) in [6.07, 6.45) is -4.21. The molecule has 3 aromatic rings. The molecule has 29 N–H and O–H groups in total. The Labute approximate surface area is 850 Å². The van der Waals surface area contributed by atoms with Crippen molar-refractivity contribution in [1.29, 1.82) is 5.41 Å². The van der Waals surface area contributed by atoms with E-state index in [1.165, 1.54) is 42.7 Å². The lowest BCUT2D eigenvalue weighted by Crippen LogP contribution is -2.62. The molecule has 1 unspecified atom stereocenters. The fourth-order valence-corrected chi connectivity index (χ4v) is 17.7. The summed E-state index contributed by atoms with van der Waals surface area (Å²) in [5.74, 6) is -27.8. The van der Waals surface area contributed by atoms with Gasteiger partial charge in [0, 0.05) is 86.7 Å². The van der Waals surface area contributed by atoms with Gasteiger partial charge in [0.1, 0.15) is 84.8 Å². The Kier molecular flexibility index (Phi) is 50.8. The van der Waals surface area contributed by atoms with Crippen molar-refractivity contribution in [1.82, 2.24) is 99.2 Å². The van der Waals surface area contributed by atoms with Gasteiger partial charge in [0.2, 0.25) is 100 Å². The summed E-state index contributed by atoms with van der Waals surface area (Å²) in [4.78, 5) is 315. The number of guanidine groups is 1. The molecule has 0 radical (unpaired) electrons. The molecule has 0 bridgehead atoms. The number of imidazole rings is 1. The molecule has 1 aromatic carbocycles. The summed E-state index contributed by atoms with van der Waals surface area (Å²) in [6, 6.07) is -18.6. The number of ether oxygens (including phenoxy) is 2. The second kappa shape index (κ2) is 60.6. The number of amides is 17. The number of nitrogens with one attached hydrogen (secondary N) is 17. The molecule has 0 saturated carbocycles. The van der Waals surface area contributed by atoms with Crippen LogP contribution in [0.3, 0.4) is 0 Å². The summed E-state index contributed by atoms with van der Waals surface area (Å²) < 4.78 is 11.8. The van der Waals surface area contributed by atoms with E-state index in [4.69, 9.17) is 37.8 Å². The number of hydrogen-bond donors (Lipinski definition) is 25. The van der Waals surface area contributed by atoms with Crippen molar-refractivity contribution < 1.29 is 135 Å². The number of aliphatic hydroxyl groups is 1. The average Bonchev–Trinajstić information content (AvgIpc) is 1.60. The zero-order chi connectivity index (χ0) is 109. The van der Waals surface area contributed by atoms with Gasteiger partial charge in [0.05, 0.1) is 61.8 Å². The monoisotopic (exact) mass is 2090 g/mol. The lowest BCUT2D eigenvalue weighted by atomic mass is 9.96. The number of aromatic nitrogens is 3. The molecule has 146 heavy (non-hydrogen) atoms. The molecule has 0 spiro atoms. The number of thioether (sulfide) groups is 2. The molecule has 4 heterocycles. The van der Waals surface area contributed by atoms with Gasteiger partial charge in [0.25, 0.3) is 0 Å². The summed E-state index contributed by atoms with van der Waals surface area (Å²) in [7, 11) is 2.04. The number of nitrogens with two attached hydrogens (primary N) is 4. The van der Waals surface area contributed by atoms with Crippen LogP contribution in [0.2, 0.25) is 0 Å². The summed E-state index contributed by atoms with van der Waals surface area (Å²) >= 11 is 2.23. The summed E-state index contributed by atoms with van der Waals surface area (Å²) in [6.45, 7) is 13.2. The first-order valence-electron chi connectivity index (χ1n) is 47.7. The number of aliphatic hydroxyl groups excluding tert-OH is 1. The van der Waals surface area contributed by atoms with Crippen LogP contribution in [0.1, 0.15) is 189 Å². The number of benzene rings is 1. The molecule has 1 saturated heterocycles. The molecule has 2 aliphatic heterocycles. The number of rotatable bonds is 53. The number of fused-ring (bicyclic) bond motifs is 3. The van der Waals surface area contributed by atoms with Crippen molar-refractivity contribution in [3.05, 3.63) is 54.3 Å². The Morgan fingerprint density at radius 1 is 0.610 bits per heavy atom. The SMILES string of the molecule is CC[C@H](C)[C@@H]1NC(=O)[C@@H](NC(O)[C@H](CCC(=O)O)NC(=O)[C@@H]2CCCN2C(=O)[C@H](CC(N)=O)NC(=O)[C@H](CCC(=O)O)NC(C)=O)CSc2c3ccccc3c(/C(=C/C(=O)OC)C(=O)OC)n2CCCC[C@@H](C(=O)N[C@@H](Cc2cnc[nH]2)C(=O)N[C@H](C(=O)N[C@@H](CCC(N)=O)C(=O)N[C@@H](CCCNC(=N)N)C(=O)N[C@H](C(=O)N[C@@H](CCSC)C(N)=O)C(C)C)C(C)C)NC(=O)[C@H](CC(=O)O)NC(=O)[C@H](CC(C)C)NC1=O. The van der Waals surface area contributed by atoms with Crippen LogP contribution in [0.15, 0.2) is 47.9 Å². The number of aromatic amines is 1. The van der Waals surface area contributed by atoms with E-state index in [1.54, 1.807) is 72.1 Å². The normalized spacial score (nSPS) is 18.9. The number of carbonyl (C=O) groups is 22. The van der Waals surface area contributed by atoms with Crippen LogP contribution in [0, 0.1) is 29.1 Å². The number of carbonyl (C=O) groups excluding carboxylic acids is 19. The molecule has 17 amide bonds. The predicted octanol–water partition coefficient (Wildman–Crippen LogP) is -4.55. The molecule has 0 aliphatic carbocycles. The second-order valence-electron chi connectivity index (χ2n) is 36.5. The predicted molar refractivity (Wildman–Crippen MR) is 527 cm³/mol. The Hall–Kier alpha value is -14.1. The first kappa shape index (κ1) is 122. The summed E-state index contributed by atoms with van der Waals surface area (Å²) in [5, 5.41) is 89.6. The zero-order valence-corrected chi connectivity index (χ0v) is 85.2. The number of likely N-dealkylation sites (tertiary alicyclic amines) is 1. The zero-order valence-electron chi connectivity index (χ0n) is 83.6. The molecule has 17 atom stereocenters. The van der Waals surface area contributed by atoms with Crippen molar-refractivity contribution in [2.45, 2.75) is 293 Å². The van der Waals surface area contributed by atoms with Crippen LogP contribution in [0.25, 0.3) is 16.3 Å². The van der Waals surface area contributed by atoms with Gasteiger partial charge >= 0.3 is 29.8 Å². The van der Waals surface area contributed by atoms with Crippen molar-refractivity contribution in [3.63, 3.8) is 0 Å². The van der Waals surface area contributed by atoms with Crippen LogP contribution >= 0.6 is 23.5 Å². The molecule has 54 heteroatoms. The quantitative estimate of drug-likeness (QED) is 0.00632. The largest absolute Gasteiger partial charge is 0.481 e.